The number of nitrogens with zero attached hydrogens (tertiary/aromatic N) is 3. The van der Waals surface area contributed by atoms with Crippen molar-refractivity contribution in [2.24, 2.45) is 5.73 Å². The molecular weight excluding hydrogens is 174 g/mol. The number of carbonyl (C=O) groups is 1. The summed E-state index contributed by atoms with van der Waals surface area (Å²) >= 11 is 0. The monoisotopic (exact) mass is 183 g/mol. The van der Waals surface area contributed by atoms with Crippen LogP contribution in [-0.4, -0.2) is 39.3 Å². The molecule has 1 atom stereocenters. The molecule has 7 nitrogen and oxygen atoms in total. The third-order valence-corrected chi connectivity index (χ3v) is 2.02. The highest BCUT2D eigenvalue weighted by Crippen LogP contribution is 2.22. The Morgan fingerprint density at radius 3 is 3.15 bits per heavy atom. The molecule has 1 aliphatic heterocycles. The molecule has 1 aromatic heterocycles. The van der Waals surface area contributed by atoms with E-state index < -0.39 is 6.29 Å². The third kappa shape index (κ3) is 0.910. The molecule has 0 fully saturated rings. The van der Waals surface area contributed by atoms with Gasteiger partial charge in [-0.05, 0) is 0 Å². The Hall–Kier alpha value is -1.60. The van der Waals surface area contributed by atoms with Crippen molar-refractivity contribution < 1.29 is 10.0 Å². The van der Waals surface area contributed by atoms with Gasteiger partial charge in [-0.15, -0.1) is 0 Å². The highest BCUT2D eigenvalue weighted by molar-refractivity contribution is 5.98. The zero-order chi connectivity index (χ0) is 9.59. The van der Waals surface area contributed by atoms with Gasteiger partial charge in [0, 0.05) is 7.05 Å². The number of imidazole rings is 1. The van der Waals surface area contributed by atoms with Crippen LogP contribution in [0.5, 0.6) is 0 Å². The molecule has 0 bridgehead atoms. The third-order valence-electron chi connectivity index (χ3n) is 2.02. The van der Waals surface area contributed by atoms with E-state index in [1.54, 1.807) is 0 Å². The second-order valence-electron chi connectivity index (χ2n) is 2.78. The number of hydrogen-bond acceptors (Lipinski definition) is 5. The van der Waals surface area contributed by atoms with Crippen molar-refractivity contribution in [3.63, 3.8) is 0 Å². The molecule has 2 heterocycles. The highest BCUT2D eigenvalue weighted by atomic mass is 16.5. The molecule has 0 radical (unpaired) electrons. The lowest BCUT2D eigenvalue weighted by molar-refractivity contribution is 0.0556. The number of nitrogens with one attached hydrogen (secondary N) is 1. The number of anilines is 1. The Morgan fingerprint density at radius 2 is 2.46 bits per heavy atom. The Kier molecular flexibility index (Phi) is 1.51. The maximum Gasteiger partial charge on any atom is 0.276 e. The van der Waals surface area contributed by atoms with Gasteiger partial charge in [-0.25, -0.2) is 4.98 Å². The predicted molar refractivity (Wildman–Crippen MR) is 42.9 cm³/mol. The van der Waals surface area contributed by atoms with E-state index in [0.29, 0.717) is 0 Å². The lowest BCUT2D eigenvalue weighted by Crippen LogP contribution is -2.57. The molecule has 0 spiro atoms. The topological polar surface area (TPSA) is 98.5 Å². The zero-order valence-electron chi connectivity index (χ0n) is 6.93. The van der Waals surface area contributed by atoms with Gasteiger partial charge in [-0.3, -0.25) is 15.7 Å². The molecule has 70 valence electrons. The number of fused-ring (bicyclic) bond motifs is 1. The summed E-state index contributed by atoms with van der Waals surface area (Å²) in [4.78, 5) is 19.1. The van der Waals surface area contributed by atoms with E-state index in [-0.39, 0.29) is 17.4 Å². The lowest BCUT2D eigenvalue weighted by Gasteiger charge is -2.34. The molecule has 1 amide bonds. The molecule has 0 aromatic carbocycles. The number of nitrogens with two attached hydrogens (primary N) is 1. The van der Waals surface area contributed by atoms with E-state index in [2.05, 4.69) is 9.97 Å². The Morgan fingerprint density at radius 1 is 1.77 bits per heavy atom. The SMILES string of the molecule is CN1C(=O)c2[nH]cnc2N(O)C1N. The van der Waals surface area contributed by atoms with Crippen LogP contribution in [0.25, 0.3) is 0 Å². The van der Waals surface area contributed by atoms with Crippen LogP contribution in [0.2, 0.25) is 0 Å². The fourth-order valence-corrected chi connectivity index (χ4v) is 1.20. The first-order chi connectivity index (χ1) is 6.13. The number of hydroxylamine groups is 1. The Balaban J connectivity index is 2.52. The Labute approximate surface area is 73.7 Å². The van der Waals surface area contributed by atoms with Crippen molar-refractivity contribution in [1.82, 2.24) is 14.9 Å². The minimum atomic E-state index is -0.886. The van der Waals surface area contributed by atoms with Crippen molar-refractivity contribution in [3.8, 4) is 0 Å². The standard InChI is InChI=1S/C6H9N5O2/c1-10-5(12)3-4(9-2-8-3)11(13)6(10)7/h2,6,13H,7H2,1H3,(H,8,9). The number of aromatic amines is 1. The first-order valence-corrected chi connectivity index (χ1v) is 3.67. The Bertz CT molecular complexity index is 349. The number of H-pyrrole nitrogens is 1. The van der Waals surface area contributed by atoms with Gasteiger partial charge in [0.25, 0.3) is 5.91 Å². The average Bonchev–Trinajstić information content (AvgIpc) is 2.59. The number of amides is 1. The van der Waals surface area contributed by atoms with E-state index in [4.69, 9.17) is 5.73 Å². The van der Waals surface area contributed by atoms with Gasteiger partial charge in [0.05, 0.1) is 6.33 Å². The second-order valence-corrected chi connectivity index (χ2v) is 2.78. The maximum absolute atomic E-state index is 11.5. The minimum absolute atomic E-state index is 0.163. The van der Waals surface area contributed by atoms with Crippen LogP contribution in [0, 0.1) is 0 Å². The largest absolute Gasteiger partial charge is 0.339 e. The zero-order valence-corrected chi connectivity index (χ0v) is 6.93. The van der Waals surface area contributed by atoms with Crippen molar-refractivity contribution in [3.05, 3.63) is 12.0 Å². The van der Waals surface area contributed by atoms with Gasteiger partial charge >= 0.3 is 0 Å². The highest BCUT2D eigenvalue weighted by Gasteiger charge is 2.34. The molecule has 1 aromatic rings. The molecule has 0 aliphatic carbocycles. The molecule has 0 saturated carbocycles. The summed E-state index contributed by atoms with van der Waals surface area (Å²) in [6.45, 7) is 0. The number of hydrogen-bond donors (Lipinski definition) is 3. The van der Waals surface area contributed by atoms with Crippen molar-refractivity contribution in [2.75, 3.05) is 12.1 Å². The quantitative estimate of drug-likeness (QED) is 0.476. The molecule has 0 saturated heterocycles. The summed E-state index contributed by atoms with van der Waals surface area (Å²) in [5, 5.41) is 10.2. The predicted octanol–water partition coefficient (Wildman–Crippen LogP) is -1.07. The van der Waals surface area contributed by atoms with Gasteiger partial charge in [0.1, 0.15) is 0 Å². The van der Waals surface area contributed by atoms with Crippen LogP contribution < -0.4 is 10.8 Å². The molecule has 7 heteroatoms. The van der Waals surface area contributed by atoms with E-state index in [0.717, 1.165) is 5.06 Å². The first-order valence-electron chi connectivity index (χ1n) is 3.67. The van der Waals surface area contributed by atoms with E-state index in [1.165, 1.54) is 18.3 Å². The minimum Gasteiger partial charge on any atom is -0.339 e. The van der Waals surface area contributed by atoms with Crippen molar-refractivity contribution in [2.45, 2.75) is 6.29 Å². The fraction of sp³-hybridized carbons (Fsp3) is 0.333. The summed E-state index contributed by atoms with van der Waals surface area (Å²) in [7, 11) is 1.50. The normalized spacial score (nSPS) is 22.1. The van der Waals surface area contributed by atoms with Crippen LogP contribution in [0.15, 0.2) is 6.33 Å². The molecule has 1 unspecified atom stereocenters. The smallest absolute Gasteiger partial charge is 0.276 e. The molecule has 2 rings (SSSR count). The van der Waals surface area contributed by atoms with Gasteiger partial charge in [0.2, 0.25) is 0 Å². The van der Waals surface area contributed by atoms with E-state index in [9.17, 15) is 10.0 Å². The van der Waals surface area contributed by atoms with Crippen LogP contribution >= 0.6 is 0 Å². The van der Waals surface area contributed by atoms with Gasteiger partial charge < -0.3 is 9.88 Å². The van der Waals surface area contributed by atoms with Crippen LogP contribution in [0.3, 0.4) is 0 Å². The van der Waals surface area contributed by atoms with E-state index in [1.807, 2.05) is 0 Å². The number of aromatic nitrogens is 2. The average molecular weight is 183 g/mol. The molecule has 4 N–H and O–H groups in total. The van der Waals surface area contributed by atoms with Gasteiger partial charge in [0.15, 0.2) is 17.8 Å². The van der Waals surface area contributed by atoms with Crippen LogP contribution in [-0.2, 0) is 0 Å². The first kappa shape index (κ1) is 8.02. The van der Waals surface area contributed by atoms with Crippen LogP contribution in [0.1, 0.15) is 10.5 Å². The summed E-state index contributed by atoms with van der Waals surface area (Å²) in [6, 6.07) is 0. The van der Waals surface area contributed by atoms with Gasteiger partial charge in [-0.1, -0.05) is 0 Å². The number of carbonyl (C=O) groups excluding carboxylic acids is 1. The molecule has 1 aliphatic rings. The number of rotatable bonds is 0. The summed E-state index contributed by atoms with van der Waals surface area (Å²) < 4.78 is 0. The van der Waals surface area contributed by atoms with Crippen molar-refractivity contribution in [1.29, 1.82) is 0 Å². The van der Waals surface area contributed by atoms with Gasteiger partial charge in [-0.2, -0.15) is 5.06 Å². The van der Waals surface area contributed by atoms with Crippen molar-refractivity contribution >= 4 is 11.7 Å². The summed E-state index contributed by atoms with van der Waals surface area (Å²) in [6.07, 6.45) is 0.445. The lowest BCUT2D eigenvalue weighted by atomic mass is 10.3. The fourth-order valence-electron chi connectivity index (χ4n) is 1.20. The maximum atomic E-state index is 11.5. The summed E-state index contributed by atoms with van der Waals surface area (Å²) in [5.74, 6) is -0.124. The molecule has 13 heavy (non-hydrogen) atoms. The summed E-state index contributed by atoms with van der Waals surface area (Å²) in [5.41, 5.74) is 5.76. The van der Waals surface area contributed by atoms with E-state index >= 15 is 0 Å². The van der Waals surface area contributed by atoms with Crippen LogP contribution in [0.4, 0.5) is 5.82 Å². The molecular formula is C6H9N5O2. The second kappa shape index (κ2) is 2.44.